The minimum absolute atomic E-state index is 0.108. The number of halogens is 1. The zero-order valence-corrected chi connectivity index (χ0v) is 19.5. The van der Waals surface area contributed by atoms with Crippen LogP contribution < -0.4 is 9.64 Å². The molecule has 2 saturated heterocycles. The Balaban J connectivity index is 1.55. The summed E-state index contributed by atoms with van der Waals surface area (Å²) >= 11 is 5.89. The van der Waals surface area contributed by atoms with Gasteiger partial charge in [0.1, 0.15) is 5.75 Å². The van der Waals surface area contributed by atoms with Crippen molar-refractivity contribution < 1.29 is 21.6 Å². The van der Waals surface area contributed by atoms with E-state index >= 15 is 0 Å². The van der Waals surface area contributed by atoms with E-state index in [0.717, 1.165) is 11.4 Å². The van der Waals surface area contributed by atoms with E-state index in [0.29, 0.717) is 31.2 Å². The Bertz CT molecular complexity index is 1140. The summed E-state index contributed by atoms with van der Waals surface area (Å²) in [6, 6.07) is 13.1. The van der Waals surface area contributed by atoms with Crippen molar-refractivity contribution >= 4 is 37.0 Å². The molecule has 0 aromatic heterocycles. The second-order valence-corrected chi connectivity index (χ2v) is 12.6. The molecule has 2 aromatic carbocycles. The molecule has 0 bridgehead atoms. The molecule has 10 heteroatoms. The maximum atomic E-state index is 13.3. The minimum atomic E-state index is -3.81. The number of piperazine rings is 1. The van der Waals surface area contributed by atoms with Crippen LogP contribution in [0.2, 0.25) is 5.02 Å². The second kappa shape index (κ2) is 8.61. The van der Waals surface area contributed by atoms with Crippen LogP contribution in [0.25, 0.3) is 0 Å². The van der Waals surface area contributed by atoms with Crippen molar-refractivity contribution in [3.8, 4) is 5.75 Å². The molecule has 0 N–H and O–H groups in total. The van der Waals surface area contributed by atoms with Gasteiger partial charge in [-0.3, -0.25) is 4.90 Å². The van der Waals surface area contributed by atoms with Crippen molar-refractivity contribution in [2.75, 3.05) is 49.7 Å². The summed E-state index contributed by atoms with van der Waals surface area (Å²) in [6.45, 7) is 2.46. The van der Waals surface area contributed by atoms with E-state index in [1.807, 2.05) is 29.2 Å². The first-order chi connectivity index (χ1) is 14.7. The van der Waals surface area contributed by atoms with E-state index in [1.54, 1.807) is 7.11 Å². The Morgan fingerprint density at radius 2 is 1.61 bits per heavy atom. The average molecular weight is 485 g/mol. The molecule has 2 atom stereocenters. The zero-order chi connectivity index (χ0) is 22.2. The number of anilines is 1. The van der Waals surface area contributed by atoms with Gasteiger partial charge in [-0.05, 0) is 36.4 Å². The van der Waals surface area contributed by atoms with Crippen molar-refractivity contribution in [1.82, 2.24) is 4.90 Å². The van der Waals surface area contributed by atoms with Crippen molar-refractivity contribution in [2.45, 2.75) is 16.2 Å². The third kappa shape index (κ3) is 4.55. The highest BCUT2D eigenvalue weighted by molar-refractivity contribution is 7.96. The van der Waals surface area contributed by atoms with Crippen LogP contribution in [0.15, 0.2) is 53.4 Å². The molecule has 7 nitrogen and oxygen atoms in total. The fourth-order valence-corrected chi connectivity index (χ4v) is 9.37. The lowest BCUT2D eigenvalue weighted by molar-refractivity contribution is 0.201. The van der Waals surface area contributed by atoms with Gasteiger partial charge in [0.25, 0.3) is 0 Å². The van der Waals surface area contributed by atoms with Gasteiger partial charge in [-0.15, -0.1) is 0 Å². The van der Waals surface area contributed by atoms with Crippen LogP contribution in [0.1, 0.15) is 0 Å². The zero-order valence-electron chi connectivity index (χ0n) is 17.1. The van der Waals surface area contributed by atoms with Crippen molar-refractivity contribution in [1.29, 1.82) is 0 Å². The maximum absolute atomic E-state index is 13.3. The lowest BCUT2D eigenvalue weighted by Crippen LogP contribution is -2.55. The van der Waals surface area contributed by atoms with Gasteiger partial charge >= 0.3 is 0 Å². The number of para-hydroxylation sites is 2. The first-order valence-electron chi connectivity index (χ1n) is 10.0. The van der Waals surface area contributed by atoms with E-state index < -0.39 is 31.0 Å². The lowest BCUT2D eigenvalue weighted by atomic mass is 10.1. The molecule has 31 heavy (non-hydrogen) atoms. The number of hydrogen-bond donors (Lipinski definition) is 0. The topological polar surface area (TPSA) is 84.0 Å². The van der Waals surface area contributed by atoms with E-state index in [4.69, 9.17) is 16.3 Å². The quantitative estimate of drug-likeness (QED) is 0.642. The normalized spacial score (nSPS) is 24.3. The van der Waals surface area contributed by atoms with Gasteiger partial charge in [-0.25, -0.2) is 16.8 Å². The van der Waals surface area contributed by atoms with E-state index in [9.17, 15) is 16.8 Å². The molecule has 0 saturated carbocycles. The van der Waals surface area contributed by atoms with Gasteiger partial charge in [0.2, 0.25) is 0 Å². The Morgan fingerprint density at radius 1 is 0.968 bits per heavy atom. The number of methoxy groups -OCH3 is 1. The molecule has 0 amide bonds. The SMILES string of the molecule is COc1ccccc1N1CCN([C@H]2CS(=O)(=O)C[C@@H]2S(=O)(=O)c2ccc(Cl)cc2)CC1. The first kappa shape index (κ1) is 22.4. The Labute approximate surface area is 188 Å². The molecule has 2 aliphatic rings. The van der Waals surface area contributed by atoms with Crippen LogP contribution in [-0.4, -0.2) is 77.8 Å². The molecule has 2 fully saturated rings. The molecule has 4 rings (SSSR count). The Kier molecular flexibility index (Phi) is 6.22. The number of ether oxygens (including phenoxy) is 1. The van der Waals surface area contributed by atoms with Gasteiger partial charge in [0, 0.05) is 37.2 Å². The monoisotopic (exact) mass is 484 g/mol. The standard InChI is InChI=1S/C21H25ClN2O5S2/c1-29-20-5-3-2-4-18(20)23-10-12-24(13-11-23)19-14-30(25,26)15-21(19)31(27,28)17-8-6-16(22)7-9-17/h2-9,19,21H,10-15H2,1H3/t19-,21-/m0/s1. The van der Waals surface area contributed by atoms with Crippen molar-refractivity contribution in [3.63, 3.8) is 0 Å². The summed E-state index contributed by atoms with van der Waals surface area (Å²) in [5.41, 5.74) is 0.981. The Hall–Kier alpha value is -1.81. The summed E-state index contributed by atoms with van der Waals surface area (Å²) in [4.78, 5) is 4.30. The predicted molar refractivity (Wildman–Crippen MR) is 122 cm³/mol. The highest BCUT2D eigenvalue weighted by atomic mass is 35.5. The number of benzene rings is 2. The summed E-state index contributed by atoms with van der Waals surface area (Å²) < 4.78 is 57.0. The number of sulfone groups is 2. The fourth-order valence-electron chi connectivity index (χ4n) is 4.42. The lowest BCUT2D eigenvalue weighted by Gasteiger charge is -2.40. The van der Waals surface area contributed by atoms with E-state index in [1.165, 1.54) is 24.3 Å². The smallest absolute Gasteiger partial charge is 0.183 e. The molecular weight excluding hydrogens is 460 g/mol. The highest BCUT2D eigenvalue weighted by Gasteiger charge is 2.48. The Morgan fingerprint density at radius 3 is 2.26 bits per heavy atom. The molecule has 168 valence electrons. The highest BCUT2D eigenvalue weighted by Crippen LogP contribution is 2.32. The van der Waals surface area contributed by atoms with Crippen LogP contribution in [0.5, 0.6) is 5.75 Å². The van der Waals surface area contributed by atoms with Crippen LogP contribution in [0.4, 0.5) is 5.69 Å². The van der Waals surface area contributed by atoms with Crippen LogP contribution >= 0.6 is 11.6 Å². The van der Waals surface area contributed by atoms with Crippen LogP contribution in [-0.2, 0) is 19.7 Å². The summed E-state index contributed by atoms with van der Waals surface area (Å²) in [5, 5.41) is -0.557. The maximum Gasteiger partial charge on any atom is 0.183 e. The van der Waals surface area contributed by atoms with Crippen molar-refractivity contribution in [3.05, 3.63) is 53.6 Å². The molecule has 2 aromatic rings. The number of nitrogens with zero attached hydrogens (tertiary/aromatic N) is 2. The van der Waals surface area contributed by atoms with Gasteiger partial charge in [-0.1, -0.05) is 23.7 Å². The largest absolute Gasteiger partial charge is 0.495 e. The van der Waals surface area contributed by atoms with Crippen LogP contribution in [0.3, 0.4) is 0 Å². The minimum Gasteiger partial charge on any atom is -0.495 e. The molecule has 2 aliphatic heterocycles. The summed E-state index contributed by atoms with van der Waals surface area (Å²) in [5.74, 6) is 0.289. The molecule has 0 radical (unpaired) electrons. The molecule has 0 unspecified atom stereocenters. The second-order valence-electron chi connectivity index (χ2n) is 7.88. The molecule has 0 aliphatic carbocycles. The van der Waals surface area contributed by atoms with E-state index in [-0.39, 0.29) is 16.4 Å². The van der Waals surface area contributed by atoms with Gasteiger partial charge < -0.3 is 9.64 Å². The average Bonchev–Trinajstić information content (AvgIpc) is 3.10. The van der Waals surface area contributed by atoms with Crippen molar-refractivity contribution in [2.24, 2.45) is 0 Å². The number of rotatable bonds is 5. The van der Waals surface area contributed by atoms with E-state index in [2.05, 4.69) is 4.90 Å². The summed E-state index contributed by atoms with van der Waals surface area (Å²) in [6.07, 6.45) is 0. The molecule has 2 heterocycles. The molecular formula is C21H25ClN2O5S2. The molecule has 0 spiro atoms. The summed E-state index contributed by atoms with van der Waals surface area (Å²) in [7, 11) is -5.63. The predicted octanol–water partition coefficient (Wildman–Crippen LogP) is 2.11. The number of hydrogen-bond acceptors (Lipinski definition) is 7. The fraction of sp³-hybridized carbons (Fsp3) is 0.429. The first-order valence-corrected chi connectivity index (χ1v) is 13.8. The third-order valence-electron chi connectivity index (χ3n) is 6.02. The van der Waals surface area contributed by atoms with Crippen LogP contribution in [0, 0.1) is 0 Å². The van der Waals surface area contributed by atoms with Gasteiger partial charge in [0.15, 0.2) is 19.7 Å². The third-order valence-corrected chi connectivity index (χ3v) is 10.4. The van der Waals surface area contributed by atoms with Gasteiger partial charge in [0.05, 0.1) is 34.4 Å². The van der Waals surface area contributed by atoms with Gasteiger partial charge in [-0.2, -0.15) is 0 Å².